The molecule has 1 aliphatic carbocycles. The van der Waals surface area contributed by atoms with Gasteiger partial charge in [-0.15, -0.1) is 11.8 Å². The number of aliphatic carboxylic acids is 1. The van der Waals surface area contributed by atoms with E-state index >= 15 is 0 Å². The lowest BCUT2D eigenvalue weighted by molar-refractivity contribution is -0.142. The topological polar surface area (TPSA) is 78.4 Å². The molecule has 1 aliphatic rings. The van der Waals surface area contributed by atoms with Crippen LogP contribution in [-0.2, 0) is 4.79 Å². The molecule has 1 atom stereocenters. The van der Waals surface area contributed by atoms with E-state index in [1.165, 1.54) is 4.90 Å². The number of urea groups is 1. The molecular formula is C17H24N2O3S. The van der Waals surface area contributed by atoms with Gasteiger partial charge in [0.05, 0.1) is 12.0 Å². The SMILES string of the molecule is CSc1ccc([C@H](C)NC(=O)NC2CCC(C(=O)O)CC2)cc1. The van der Waals surface area contributed by atoms with Crippen molar-refractivity contribution in [2.75, 3.05) is 6.26 Å². The largest absolute Gasteiger partial charge is 0.481 e. The highest BCUT2D eigenvalue weighted by Gasteiger charge is 2.26. The monoisotopic (exact) mass is 336 g/mol. The fourth-order valence-corrected chi connectivity index (χ4v) is 3.29. The summed E-state index contributed by atoms with van der Waals surface area (Å²) in [6, 6.07) is 7.94. The lowest BCUT2D eigenvalue weighted by Gasteiger charge is -2.27. The lowest BCUT2D eigenvalue weighted by Crippen LogP contribution is -2.44. The minimum Gasteiger partial charge on any atom is -0.481 e. The number of rotatable bonds is 5. The van der Waals surface area contributed by atoms with Gasteiger partial charge in [0.15, 0.2) is 0 Å². The molecule has 5 nitrogen and oxygen atoms in total. The van der Waals surface area contributed by atoms with Gasteiger partial charge in [0.1, 0.15) is 0 Å². The Morgan fingerprint density at radius 3 is 2.30 bits per heavy atom. The summed E-state index contributed by atoms with van der Waals surface area (Å²) >= 11 is 1.69. The van der Waals surface area contributed by atoms with Crippen molar-refractivity contribution >= 4 is 23.8 Å². The molecule has 126 valence electrons. The van der Waals surface area contributed by atoms with E-state index in [4.69, 9.17) is 5.11 Å². The van der Waals surface area contributed by atoms with E-state index in [0.29, 0.717) is 12.8 Å². The Kier molecular flexibility index (Phi) is 6.33. The number of carboxylic acids is 1. The van der Waals surface area contributed by atoms with Gasteiger partial charge in [0.25, 0.3) is 0 Å². The second-order valence-electron chi connectivity index (χ2n) is 6.00. The van der Waals surface area contributed by atoms with Gasteiger partial charge in [0.2, 0.25) is 0 Å². The van der Waals surface area contributed by atoms with Crippen LogP contribution in [0.3, 0.4) is 0 Å². The third-order valence-electron chi connectivity index (χ3n) is 4.38. The van der Waals surface area contributed by atoms with E-state index in [1.54, 1.807) is 11.8 Å². The van der Waals surface area contributed by atoms with Crippen molar-refractivity contribution in [3.63, 3.8) is 0 Å². The van der Waals surface area contributed by atoms with E-state index in [0.717, 1.165) is 18.4 Å². The van der Waals surface area contributed by atoms with Crippen LogP contribution in [0, 0.1) is 5.92 Å². The molecule has 1 aromatic carbocycles. The van der Waals surface area contributed by atoms with Crippen LogP contribution in [0.25, 0.3) is 0 Å². The molecule has 6 heteroatoms. The quantitative estimate of drug-likeness (QED) is 0.720. The Morgan fingerprint density at radius 2 is 1.78 bits per heavy atom. The highest BCUT2D eigenvalue weighted by atomic mass is 32.2. The first-order valence-electron chi connectivity index (χ1n) is 7.93. The molecule has 1 fully saturated rings. The number of thioether (sulfide) groups is 1. The molecule has 1 aromatic rings. The van der Waals surface area contributed by atoms with Crippen LogP contribution in [0.1, 0.15) is 44.2 Å². The summed E-state index contributed by atoms with van der Waals surface area (Å²) in [5, 5.41) is 14.9. The molecule has 0 saturated heterocycles. The smallest absolute Gasteiger partial charge is 0.315 e. The third kappa shape index (κ3) is 5.16. The fraction of sp³-hybridized carbons (Fsp3) is 0.529. The number of benzene rings is 1. The molecule has 0 bridgehead atoms. The first-order valence-corrected chi connectivity index (χ1v) is 9.16. The van der Waals surface area contributed by atoms with Crippen molar-refractivity contribution in [1.82, 2.24) is 10.6 Å². The fourth-order valence-electron chi connectivity index (χ4n) is 2.88. The van der Waals surface area contributed by atoms with E-state index in [9.17, 15) is 9.59 Å². The Balaban J connectivity index is 1.79. The Bertz CT molecular complexity index is 539. The standard InChI is InChI=1S/C17H24N2O3S/c1-11(12-5-9-15(23-2)10-6-12)18-17(22)19-14-7-3-13(4-8-14)16(20)21/h5-6,9-11,13-14H,3-4,7-8H2,1-2H3,(H,20,21)(H2,18,19,22)/t11-,13?,14?/m0/s1. The molecule has 0 heterocycles. The number of amides is 2. The second kappa shape index (κ2) is 8.24. The summed E-state index contributed by atoms with van der Waals surface area (Å²) in [4.78, 5) is 24.2. The summed E-state index contributed by atoms with van der Waals surface area (Å²) in [6.45, 7) is 1.95. The van der Waals surface area contributed by atoms with Crippen molar-refractivity contribution in [3.8, 4) is 0 Å². The molecule has 2 rings (SSSR count). The minimum absolute atomic E-state index is 0.0664. The van der Waals surface area contributed by atoms with Crippen molar-refractivity contribution in [2.45, 2.75) is 49.6 Å². The maximum Gasteiger partial charge on any atom is 0.315 e. The van der Waals surface area contributed by atoms with Crippen molar-refractivity contribution in [2.24, 2.45) is 5.92 Å². The second-order valence-corrected chi connectivity index (χ2v) is 6.88. The zero-order chi connectivity index (χ0) is 16.8. The third-order valence-corrected chi connectivity index (χ3v) is 5.12. The molecular weight excluding hydrogens is 312 g/mol. The average molecular weight is 336 g/mol. The van der Waals surface area contributed by atoms with E-state index in [1.807, 2.05) is 37.4 Å². The molecule has 0 unspecified atom stereocenters. The molecule has 2 amide bonds. The van der Waals surface area contributed by atoms with Gasteiger partial charge in [-0.1, -0.05) is 12.1 Å². The van der Waals surface area contributed by atoms with E-state index in [-0.39, 0.29) is 24.0 Å². The van der Waals surface area contributed by atoms with Gasteiger partial charge in [0, 0.05) is 10.9 Å². The highest BCUT2D eigenvalue weighted by Crippen LogP contribution is 2.24. The first-order chi connectivity index (χ1) is 11.0. The molecule has 23 heavy (non-hydrogen) atoms. The minimum atomic E-state index is -0.727. The molecule has 0 aliphatic heterocycles. The predicted octanol–water partition coefficient (Wildman–Crippen LogP) is 3.41. The van der Waals surface area contributed by atoms with Gasteiger partial charge in [-0.2, -0.15) is 0 Å². The normalized spacial score (nSPS) is 22.2. The first kappa shape index (κ1) is 17.7. The summed E-state index contributed by atoms with van der Waals surface area (Å²) < 4.78 is 0. The number of hydrogen-bond acceptors (Lipinski definition) is 3. The summed E-state index contributed by atoms with van der Waals surface area (Å²) in [6.07, 6.45) is 4.74. The van der Waals surface area contributed by atoms with Gasteiger partial charge in [-0.25, -0.2) is 4.79 Å². The van der Waals surface area contributed by atoms with Gasteiger partial charge < -0.3 is 15.7 Å². The predicted molar refractivity (Wildman–Crippen MR) is 91.7 cm³/mol. The number of hydrogen-bond donors (Lipinski definition) is 3. The Labute approximate surface area is 141 Å². The highest BCUT2D eigenvalue weighted by molar-refractivity contribution is 7.98. The van der Waals surface area contributed by atoms with Crippen LogP contribution in [0.2, 0.25) is 0 Å². The Hall–Kier alpha value is -1.69. The maximum atomic E-state index is 12.1. The van der Waals surface area contributed by atoms with Crippen molar-refractivity contribution in [1.29, 1.82) is 0 Å². The van der Waals surface area contributed by atoms with Gasteiger partial charge >= 0.3 is 12.0 Å². The van der Waals surface area contributed by atoms with Gasteiger partial charge in [-0.3, -0.25) is 4.79 Å². The summed E-state index contributed by atoms with van der Waals surface area (Å²) in [7, 11) is 0. The number of nitrogens with one attached hydrogen (secondary N) is 2. The molecule has 0 radical (unpaired) electrons. The van der Waals surface area contributed by atoms with Crippen LogP contribution in [0.5, 0.6) is 0 Å². The van der Waals surface area contributed by atoms with Crippen molar-refractivity contribution < 1.29 is 14.7 Å². The summed E-state index contributed by atoms with van der Waals surface area (Å²) in [5.41, 5.74) is 1.06. The van der Waals surface area contributed by atoms with Crippen LogP contribution in [-0.4, -0.2) is 29.4 Å². The van der Waals surface area contributed by atoms with Crippen molar-refractivity contribution in [3.05, 3.63) is 29.8 Å². The average Bonchev–Trinajstić information content (AvgIpc) is 2.55. The van der Waals surface area contributed by atoms with E-state index in [2.05, 4.69) is 10.6 Å². The zero-order valence-electron chi connectivity index (χ0n) is 13.5. The molecule has 1 saturated carbocycles. The Morgan fingerprint density at radius 1 is 1.17 bits per heavy atom. The lowest BCUT2D eigenvalue weighted by atomic mass is 9.86. The van der Waals surface area contributed by atoms with Crippen LogP contribution in [0.4, 0.5) is 4.79 Å². The van der Waals surface area contributed by atoms with Crippen LogP contribution >= 0.6 is 11.8 Å². The number of carboxylic acid groups (broad SMARTS) is 1. The van der Waals surface area contributed by atoms with Crippen LogP contribution < -0.4 is 10.6 Å². The van der Waals surface area contributed by atoms with Crippen LogP contribution in [0.15, 0.2) is 29.2 Å². The zero-order valence-corrected chi connectivity index (χ0v) is 14.4. The van der Waals surface area contributed by atoms with Gasteiger partial charge in [-0.05, 0) is 56.6 Å². The maximum absolute atomic E-state index is 12.1. The number of carbonyl (C=O) groups excluding carboxylic acids is 1. The number of carbonyl (C=O) groups is 2. The molecule has 3 N–H and O–H groups in total. The summed E-state index contributed by atoms with van der Waals surface area (Å²) in [5.74, 6) is -0.986. The van der Waals surface area contributed by atoms with E-state index < -0.39 is 5.97 Å². The molecule has 0 spiro atoms. The molecule has 0 aromatic heterocycles.